The fourth-order valence-electron chi connectivity index (χ4n) is 2.97. The molecule has 130 valence electrons. The van der Waals surface area contributed by atoms with Crippen LogP contribution in [0.3, 0.4) is 0 Å². The van der Waals surface area contributed by atoms with Gasteiger partial charge in [-0.25, -0.2) is 9.97 Å². The summed E-state index contributed by atoms with van der Waals surface area (Å²) in [6.45, 7) is 2.91. The molecular formula is C16H21Br2N5S. The van der Waals surface area contributed by atoms with E-state index in [1.54, 1.807) is 11.3 Å². The zero-order valence-corrected chi connectivity index (χ0v) is 17.4. The average molecular weight is 475 g/mol. The molecule has 0 atom stereocenters. The van der Waals surface area contributed by atoms with Crippen molar-refractivity contribution in [2.75, 3.05) is 18.4 Å². The Morgan fingerprint density at radius 1 is 1.21 bits per heavy atom. The van der Waals surface area contributed by atoms with Gasteiger partial charge in [0.15, 0.2) is 0 Å². The molecule has 0 unspecified atom stereocenters. The predicted molar refractivity (Wildman–Crippen MR) is 111 cm³/mol. The summed E-state index contributed by atoms with van der Waals surface area (Å²) >= 11 is 1.63. The van der Waals surface area contributed by atoms with Gasteiger partial charge in [-0.1, -0.05) is 12.1 Å². The number of aromatic nitrogens is 3. The van der Waals surface area contributed by atoms with Gasteiger partial charge in [0.2, 0.25) is 5.95 Å². The molecule has 0 bridgehead atoms. The van der Waals surface area contributed by atoms with Gasteiger partial charge < -0.3 is 15.2 Å². The SMILES string of the molecule is Br.Br.c1ccc2c(c1)nc(NC1CCNCC1)n2Cc1cscn1. The molecule has 0 radical (unpaired) electrons. The summed E-state index contributed by atoms with van der Waals surface area (Å²) in [6, 6.07) is 8.79. The van der Waals surface area contributed by atoms with Crippen LogP contribution >= 0.6 is 45.3 Å². The van der Waals surface area contributed by atoms with Gasteiger partial charge >= 0.3 is 0 Å². The lowest BCUT2D eigenvalue weighted by atomic mass is 10.1. The molecule has 4 rings (SSSR count). The number of imidazole rings is 1. The quantitative estimate of drug-likeness (QED) is 0.602. The molecule has 24 heavy (non-hydrogen) atoms. The van der Waals surface area contributed by atoms with E-state index in [0.717, 1.165) is 55.2 Å². The number of para-hydroxylation sites is 2. The molecule has 2 aromatic heterocycles. The van der Waals surface area contributed by atoms with E-state index in [2.05, 4.69) is 43.8 Å². The van der Waals surface area contributed by atoms with Crippen molar-refractivity contribution in [2.24, 2.45) is 0 Å². The highest BCUT2D eigenvalue weighted by Crippen LogP contribution is 2.23. The van der Waals surface area contributed by atoms with Crippen molar-refractivity contribution in [1.82, 2.24) is 19.9 Å². The number of fused-ring (bicyclic) bond motifs is 1. The minimum atomic E-state index is 0. The number of halogens is 2. The summed E-state index contributed by atoms with van der Waals surface area (Å²) in [4.78, 5) is 9.21. The summed E-state index contributed by atoms with van der Waals surface area (Å²) in [7, 11) is 0. The van der Waals surface area contributed by atoms with Crippen LogP contribution < -0.4 is 10.6 Å². The normalized spacial score (nSPS) is 14.8. The number of hydrogen-bond donors (Lipinski definition) is 2. The van der Waals surface area contributed by atoms with Gasteiger partial charge in [-0.15, -0.1) is 45.3 Å². The van der Waals surface area contributed by atoms with E-state index < -0.39 is 0 Å². The molecule has 1 saturated heterocycles. The maximum absolute atomic E-state index is 4.79. The number of piperidine rings is 1. The molecule has 2 N–H and O–H groups in total. The predicted octanol–water partition coefficient (Wildman–Crippen LogP) is 3.86. The highest BCUT2D eigenvalue weighted by molar-refractivity contribution is 8.93. The molecular weight excluding hydrogens is 454 g/mol. The van der Waals surface area contributed by atoms with E-state index in [0.29, 0.717) is 6.04 Å². The van der Waals surface area contributed by atoms with Gasteiger partial charge in [-0.05, 0) is 38.1 Å². The van der Waals surface area contributed by atoms with Crippen molar-refractivity contribution >= 4 is 62.3 Å². The Morgan fingerprint density at radius 3 is 2.75 bits per heavy atom. The van der Waals surface area contributed by atoms with Crippen LogP contribution in [0.4, 0.5) is 5.95 Å². The number of nitrogens with one attached hydrogen (secondary N) is 2. The Labute approximate surface area is 166 Å². The standard InChI is InChI=1S/C16H19N5S.2BrH/c1-2-4-15-14(3-1)20-16(19-12-5-7-17-8-6-12)21(15)9-13-10-22-11-18-13;;/h1-4,10-12,17H,5-9H2,(H,19,20);2*1H. The second-order valence-electron chi connectivity index (χ2n) is 5.66. The van der Waals surface area contributed by atoms with Gasteiger partial charge in [0, 0.05) is 11.4 Å². The first-order chi connectivity index (χ1) is 10.9. The molecule has 8 heteroatoms. The van der Waals surface area contributed by atoms with E-state index in [1.807, 2.05) is 11.6 Å². The lowest BCUT2D eigenvalue weighted by molar-refractivity contribution is 0.476. The van der Waals surface area contributed by atoms with Crippen molar-refractivity contribution in [1.29, 1.82) is 0 Å². The molecule has 3 aromatic rings. The fourth-order valence-corrected chi connectivity index (χ4v) is 3.52. The molecule has 1 fully saturated rings. The van der Waals surface area contributed by atoms with Crippen LogP contribution in [0.2, 0.25) is 0 Å². The van der Waals surface area contributed by atoms with Crippen molar-refractivity contribution in [2.45, 2.75) is 25.4 Å². The molecule has 1 aromatic carbocycles. The van der Waals surface area contributed by atoms with Crippen LogP contribution in [0.15, 0.2) is 35.2 Å². The Balaban J connectivity index is 0.00000104. The van der Waals surface area contributed by atoms with E-state index in [9.17, 15) is 0 Å². The minimum Gasteiger partial charge on any atom is -0.353 e. The third kappa shape index (κ3) is 4.17. The van der Waals surface area contributed by atoms with E-state index in [4.69, 9.17) is 4.98 Å². The molecule has 3 heterocycles. The van der Waals surface area contributed by atoms with Crippen molar-refractivity contribution in [3.63, 3.8) is 0 Å². The smallest absolute Gasteiger partial charge is 0.204 e. The van der Waals surface area contributed by atoms with Gasteiger partial charge in [-0.3, -0.25) is 0 Å². The third-order valence-corrected chi connectivity index (χ3v) is 4.77. The first-order valence-corrected chi connectivity index (χ1v) is 8.64. The van der Waals surface area contributed by atoms with Crippen LogP contribution in [-0.2, 0) is 6.54 Å². The zero-order valence-electron chi connectivity index (χ0n) is 13.1. The molecule has 0 saturated carbocycles. The number of rotatable bonds is 4. The molecule has 1 aliphatic heterocycles. The molecule has 0 amide bonds. The lowest BCUT2D eigenvalue weighted by Crippen LogP contribution is -2.36. The molecule has 5 nitrogen and oxygen atoms in total. The van der Waals surface area contributed by atoms with Gasteiger partial charge in [-0.2, -0.15) is 0 Å². The summed E-state index contributed by atoms with van der Waals surface area (Å²) in [5.41, 5.74) is 5.16. The fraction of sp³-hybridized carbons (Fsp3) is 0.375. The second-order valence-corrected chi connectivity index (χ2v) is 6.38. The van der Waals surface area contributed by atoms with Crippen LogP contribution in [-0.4, -0.2) is 33.7 Å². The van der Waals surface area contributed by atoms with Gasteiger partial charge in [0.1, 0.15) is 0 Å². The first kappa shape index (κ1) is 19.4. The van der Waals surface area contributed by atoms with Crippen LogP contribution in [0.1, 0.15) is 18.5 Å². The number of nitrogens with zero attached hydrogens (tertiary/aromatic N) is 3. The van der Waals surface area contributed by atoms with Crippen LogP contribution in [0.25, 0.3) is 11.0 Å². The van der Waals surface area contributed by atoms with Crippen LogP contribution in [0.5, 0.6) is 0 Å². The number of thiazole rings is 1. The summed E-state index contributed by atoms with van der Waals surface area (Å²) < 4.78 is 2.24. The Morgan fingerprint density at radius 2 is 2.00 bits per heavy atom. The lowest BCUT2D eigenvalue weighted by Gasteiger charge is -2.24. The highest BCUT2D eigenvalue weighted by Gasteiger charge is 2.17. The minimum absolute atomic E-state index is 0. The maximum atomic E-state index is 4.79. The molecule has 1 aliphatic rings. The largest absolute Gasteiger partial charge is 0.353 e. The Bertz CT molecular complexity index is 753. The van der Waals surface area contributed by atoms with E-state index in [1.165, 1.54) is 0 Å². The number of anilines is 1. The Hall–Kier alpha value is -0.960. The number of hydrogen-bond acceptors (Lipinski definition) is 5. The molecule has 0 spiro atoms. The van der Waals surface area contributed by atoms with E-state index >= 15 is 0 Å². The number of benzene rings is 1. The topological polar surface area (TPSA) is 54.8 Å². The van der Waals surface area contributed by atoms with Gasteiger partial charge in [0.05, 0.1) is 28.8 Å². The maximum Gasteiger partial charge on any atom is 0.204 e. The van der Waals surface area contributed by atoms with Crippen LogP contribution in [0, 0.1) is 0 Å². The van der Waals surface area contributed by atoms with E-state index in [-0.39, 0.29) is 34.0 Å². The summed E-state index contributed by atoms with van der Waals surface area (Å²) in [5.74, 6) is 0.959. The third-order valence-electron chi connectivity index (χ3n) is 4.13. The average Bonchev–Trinajstić information content (AvgIpc) is 3.18. The van der Waals surface area contributed by atoms with Crippen molar-refractivity contribution < 1.29 is 0 Å². The first-order valence-electron chi connectivity index (χ1n) is 7.70. The summed E-state index contributed by atoms with van der Waals surface area (Å²) in [5, 5.41) is 9.14. The zero-order chi connectivity index (χ0) is 14.8. The monoisotopic (exact) mass is 473 g/mol. The second kappa shape index (κ2) is 8.94. The van der Waals surface area contributed by atoms with Crippen molar-refractivity contribution in [3.05, 3.63) is 40.8 Å². The highest BCUT2D eigenvalue weighted by atomic mass is 79.9. The Kier molecular flexibility index (Phi) is 7.21. The summed E-state index contributed by atoms with van der Waals surface area (Å²) in [6.07, 6.45) is 2.28. The van der Waals surface area contributed by atoms with Gasteiger partial charge in [0.25, 0.3) is 0 Å². The van der Waals surface area contributed by atoms with Crippen molar-refractivity contribution in [3.8, 4) is 0 Å². The molecule has 0 aliphatic carbocycles.